The lowest BCUT2D eigenvalue weighted by molar-refractivity contribution is -0.0110. The molecule has 0 bridgehead atoms. The zero-order valence-corrected chi connectivity index (χ0v) is 13.6. The van der Waals surface area contributed by atoms with Crippen molar-refractivity contribution in [2.45, 2.75) is 57.2 Å². The fourth-order valence-electron chi connectivity index (χ4n) is 3.76. The molecule has 3 rings (SSSR count). The summed E-state index contributed by atoms with van der Waals surface area (Å²) in [6, 6.07) is 6.37. The van der Waals surface area contributed by atoms with Gasteiger partial charge in [0, 0.05) is 11.6 Å². The van der Waals surface area contributed by atoms with Crippen LogP contribution in [0.3, 0.4) is 0 Å². The number of hydrogen-bond acceptors (Lipinski definition) is 4. The molecule has 1 aromatic rings. The second-order valence-corrected chi connectivity index (χ2v) is 6.39. The first-order chi connectivity index (χ1) is 10.7. The van der Waals surface area contributed by atoms with Gasteiger partial charge < -0.3 is 14.6 Å². The first-order valence-corrected chi connectivity index (χ1v) is 8.51. The predicted octanol–water partition coefficient (Wildman–Crippen LogP) is 3.14. The molecule has 2 aliphatic rings. The van der Waals surface area contributed by atoms with E-state index < -0.39 is 6.10 Å². The Morgan fingerprint density at radius 1 is 1.27 bits per heavy atom. The van der Waals surface area contributed by atoms with Crippen molar-refractivity contribution >= 4 is 0 Å². The molecule has 0 radical (unpaired) electrons. The quantitative estimate of drug-likeness (QED) is 0.928. The second kappa shape index (κ2) is 6.88. The van der Waals surface area contributed by atoms with Gasteiger partial charge in [0.25, 0.3) is 0 Å². The Morgan fingerprint density at radius 2 is 2.05 bits per heavy atom. The summed E-state index contributed by atoms with van der Waals surface area (Å²) in [6.07, 6.45) is 5.87. The lowest BCUT2D eigenvalue weighted by Gasteiger charge is -2.41. The van der Waals surface area contributed by atoms with Gasteiger partial charge in [-0.15, -0.1) is 0 Å². The number of nitrogens with zero attached hydrogens (tertiary/aromatic N) is 1. The van der Waals surface area contributed by atoms with E-state index in [1.807, 2.05) is 25.1 Å². The number of aliphatic hydroxyl groups is 1. The van der Waals surface area contributed by atoms with E-state index in [0.29, 0.717) is 25.0 Å². The van der Waals surface area contributed by atoms with Crippen LogP contribution in [0.1, 0.15) is 50.7 Å². The molecule has 0 spiro atoms. The zero-order valence-electron chi connectivity index (χ0n) is 13.6. The van der Waals surface area contributed by atoms with Gasteiger partial charge in [0.05, 0.1) is 12.6 Å². The molecule has 1 heterocycles. The fraction of sp³-hybridized carbons (Fsp3) is 0.667. The van der Waals surface area contributed by atoms with Crippen molar-refractivity contribution in [2.24, 2.45) is 0 Å². The number of benzene rings is 1. The van der Waals surface area contributed by atoms with Crippen LogP contribution in [0.2, 0.25) is 0 Å². The summed E-state index contributed by atoms with van der Waals surface area (Å²) < 4.78 is 11.6. The van der Waals surface area contributed by atoms with E-state index in [2.05, 4.69) is 11.9 Å². The highest BCUT2D eigenvalue weighted by atomic mass is 16.5. The molecule has 122 valence electrons. The van der Waals surface area contributed by atoms with Gasteiger partial charge in [0.1, 0.15) is 12.7 Å². The van der Waals surface area contributed by atoms with Crippen molar-refractivity contribution in [3.63, 3.8) is 0 Å². The molecule has 1 saturated carbocycles. The largest absolute Gasteiger partial charge is 0.490 e. The third kappa shape index (κ3) is 2.95. The topological polar surface area (TPSA) is 41.9 Å². The van der Waals surface area contributed by atoms with E-state index in [0.717, 1.165) is 11.3 Å². The number of aliphatic hydroxyl groups excluding tert-OH is 1. The van der Waals surface area contributed by atoms with Crippen LogP contribution in [-0.2, 0) is 0 Å². The van der Waals surface area contributed by atoms with Gasteiger partial charge >= 0.3 is 0 Å². The minimum Gasteiger partial charge on any atom is -0.490 e. The summed E-state index contributed by atoms with van der Waals surface area (Å²) in [6.45, 7) is 3.07. The molecule has 1 aliphatic carbocycles. The standard InChI is InChI=1S/C18H27NO3/c1-3-21-16-11-7-10-14-17(20)15(12-22-18(14)16)19(2)13-8-5-4-6-9-13/h7,10-11,13,15,17,20H,3-6,8-9,12H2,1-2H3. The summed E-state index contributed by atoms with van der Waals surface area (Å²) in [7, 11) is 2.13. The molecule has 1 fully saturated rings. The SMILES string of the molecule is CCOc1cccc2c1OCC(N(C)C1CCCCC1)C2O. The van der Waals surface area contributed by atoms with E-state index in [-0.39, 0.29) is 6.04 Å². The predicted molar refractivity (Wildman–Crippen MR) is 86.5 cm³/mol. The van der Waals surface area contributed by atoms with Crippen LogP contribution in [0, 0.1) is 0 Å². The monoisotopic (exact) mass is 305 g/mol. The molecule has 2 unspecified atom stereocenters. The Bertz CT molecular complexity index is 499. The Morgan fingerprint density at radius 3 is 2.77 bits per heavy atom. The van der Waals surface area contributed by atoms with Crippen molar-refractivity contribution in [2.75, 3.05) is 20.3 Å². The summed E-state index contributed by atoms with van der Waals surface area (Å²) in [5, 5.41) is 10.8. The summed E-state index contributed by atoms with van der Waals surface area (Å²) in [5.74, 6) is 1.45. The Labute approximate surface area is 133 Å². The maximum absolute atomic E-state index is 10.8. The second-order valence-electron chi connectivity index (χ2n) is 6.39. The van der Waals surface area contributed by atoms with Crippen LogP contribution in [0.4, 0.5) is 0 Å². The van der Waals surface area contributed by atoms with E-state index >= 15 is 0 Å². The molecule has 4 heteroatoms. The molecular formula is C18H27NO3. The normalized spacial score (nSPS) is 25.6. The summed E-state index contributed by atoms with van der Waals surface area (Å²) >= 11 is 0. The van der Waals surface area contributed by atoms with Crippen molar-refractivity contribution in [1.82, 2.24) is 4.90 Å². The highest BCUT2D eigenvalue weighted by Crippen LogP contribution is 2.41. The van der Waals surface area contributed by atoms with Gasteiger partial charge in [0.2, 0.25) is 0 Å². The van der Waals surface area contributed by atoms with Gasteiger partial charge in [-0.1, -0.05) is 31.4 Å². The third-order valence-corrected chi connectivity index (χ3v) is 5.06. The highest BCUT2D eigenvalue weighted by molar-refractivity contribution is 5.49. The van der Waals surface area contributed by atoms with E-state index in [1.54, 1.807) is 0 Å². The molecule has 22 heavy (non-hydrogen) atoms. The molecule has 1 aromatic carbocycles. The Balaban J connectivity index is 1.78. The smallest absolute Gasteiger partial charge is 0.167 e. The van der Waals surface area contributed by atoms with E-state index in [1.165, 1.54) is 32.1 Å². The highest BCUT2D eigenvalue weighted by Gasteiger charge is 2.36. The molecule has 4 nitrogen and oxygen atoms in total. The molecule has 1 aliphatic heterocycles. The van der Waals surface area contributed by atoms with Gasteiger partial charge in [-0.2, -0.15) is 0 Å². The van der Waals surface area contributed by atoms with Crippen LogP contribution < -0.4 is 9.47 Å². The minimum absolute atomic E-state index is 0.0208. The van der Waals surface area contributed by atoms with Gasteiger partial charge in [-0.05, 0) is 32.9 Å². The van der Waals surface area contributed by atoms with Crippen LogP contribution in [0.15, 0.2) is 18.2 Å². The maximum atomic E-state index is 10.8. The lowest BCUT2D eigenvalue weighted by atomic mass is 9.91. The average molecular weight is 305 g/mol. The van der Waals surface area contributed by atoms with Gasteiger partial charge in [-0.3, -0.25) is 4.90 Å². The van der Waals surface area contributed by atoms with Gasteiger partial charge in [0.15, 0.2) is 11.5 Å². The fourth-order valence-corrected chi connectivity index (χ4v) is 3.76. The van der Waals surface area contributed by atoms with Crippen molar-refractivity contribution in [3.8, 4) is 11.5 Å². The summed E-state index contributed by atoms with van der Waals surface area (Å²) in [5.41, 5.74) is 0.852. The number of para-hydroxylation sites is 1. The molecule has 0 amide bonds. The van der Waals surface area contributed by atoms with E-state index in [4.69, 9.17) is 9.47 Å². The van der Waals surface area contributed by atoms with Crippen molar-refractivity contribution < 1.29 is 14.6 Å². The lowest BCUT2D eigenvalue weighted by Crippen LogP contribution is -2.49. The van der Waals surface area contributed by atoms with Crippen molar-refractivity contribution in [3.05, 3.63) is 23.8 Å². The van der Waals surface area contributed by atoms with Crippen LogP contribution in [-0.4, -0.2) is 42.4 Å². The number of likely N-dealkylation sites (N-methyl/N-ethyl adjacent to an activating group) is 1. The Hall–Kier alpha value is -1.26. The molecule has 1 N–H and O–H groups in total. The molecule has 0 aromatic heterocycles. The minimum atomic E-state index is -0.518. The van der Waals surface area contributed by atoms with Crippen LogP contribution in [0.5, 0.6) is 11.5 Å². The zero-order chi connectivity index (χ0) is 15.5. The molecule has 0 saturated heterocycles. The number of hydrogen-bond donors (Lipinski definition) is 1. The van der Waals surface area contributed by atoms with Crippen molar-refractivity contribution in [1.29, 1.82) is 0 Å². The maximum Gasteiger partial charge on any atom is 0.167 e. The number of rotatable bonds is 4. The molecule has 2 atom stereocenters. The summed E-state index contributed by atoms with van der Waals surface area (Å²) in [4.78, 5) is 2.33. The van der Waals surface area contributed by atoms with E-state index in [9.17, 15) is 5.11 Å². The third-order valence-electron chi connectivity index (χ3n) is 5.06. The number of fused-ring (bicyclic) bond motifs is 1. The first-order valence-electron chi connectivity index (χ1n) is 8.51. The van der Waals surface area contributed by atoms with Gasteiger partial charge in [-0.25, -0.2) is 0 Å². The molecular weight excluding hydrogens is 278 g/mol. The van der Waals surface area contributed by atoms with Crippen LogP contribution >= 0.6 is 0 Å². The first kappa shape index (κ1) is 15.6. The van der Waals surface area contributed by atoms with Crippen LogP contribution in [0.25, 0.3) is 0 Å². The Kier molecular flexibility index (Phi) is 4.89. The average Bonchev–Trinajstić information content (AvgIpc) is 2.56. The number of ether oxygens (including phenoxy) is 2.